The number of thiocarbonyl (C=S) groups is 1. The maximum Gasteiger partial charge on any atom is 0.270 e. The molecular weight excluding hydrogens is 451 g/mol. The zero-order valence-electron chi connectivity index (χ0n) is 15.5. The van der Waals surface area contributed by atoms with Crippen molar-refractivity contribution in [1.29, 1.82) is 0 Å². The highest BCUT2D eigenvalue weighted by Crippen LogP contribution is 2.40. The van der Waals surface area contributed by atoms with E-state index in [1.807, 2.05) is 6.92 Å². The molecule has 0 radical (unpaired) electrons. The van der Waals surface area contributed by atoms with E-state index in [1.54, 1.807) is 30.3 Å². The first-order chi connectivity index (χ1) is 14.4. The largest absolute Gasteiger partial charge is 0.493 e. The number of ether oxygens (including phenoxy) is 3. The Hall–Kier alpha value is -2.81. The minimum Gasteiger partial charge on any atom is -0.493 e. The van der Waals surface area contributed by atoms with Gasteiger partial charge in [0.15, 0.2) is 16.6 Å². The minimum atomic E-state index is -0.645. The molecule has 1 fully saturated rings. The Morgan fingerprint density at radius 3 is 2.70 bits per heavy atom. The van der Waals surface area contributed by atoms with Crippen molar-refractivity contribution in [2.45, 2.75) is 6.92 Å². The summed E-state index contributed by atoms with van der Waals surface area (Å²) < 4.78 is 16.4. The molecule has 2 heterocycles. The second kappa shape index (κ2) is 8.14. The number of amides is 2. The van der Waals surface area contributed by atoms with Gasteiger partial charge in [0.1, 0.15) is 11.3 Å². The third-order valence-corrected chi connectivity index (χ3v) is 5.47. The molecule has 2 amide bonds. The van der Waals surface area contributed by atoms with Crippen molar-refractivity contribution in [2.75, 3.05) is 18.3 Å². The van der Waals surface area contributed by atoms with Crippen LogP contribution < -0.4 is 24.4 Å². The van der Waals surface area contributed by atoms with E-state index >= 15 is 0 Å². The molecule has 1 saturated heterocycles. The van der Waals surface area contributed by atoms with Crippen LogP contribution in [-0.4, -0.2) is 30.3 Å². The number of hydrogen-bond donors (Lipinski definition) is 1. The first kappa shape index (κ1) is 20.5. The number of hydrogen-bond acceptors (Lipinski definition) is 6. The number of carbonyl (C=O) groups excluding carboxylic acids is 2. The number of carbonyl (C=O) groups is 2. The number of halogens is 2. The molecule has 0 spiro atoms. The lowest BCUT2D eigenvalue weighted by Crippen LogP contribution is -2.54. The van der Waals surface area contributed by atoms with Gasteiger partial charge < -0.3 is 14.2 Å². The topological polar surface area (TPSA) is 77.1 Å². The smallest absolute Gasteiger partial charge is 0.270 e. The summed E-state index contributed by atoms with van der Waals surface area (Å²) in [4.78, 5) is 26.9. The van der Waals surface area contributed by atoms with Crippen molar-refractivity contribution in [3.05, 3.63) is 51.5 Å². The number of nitrogens with zero attached hydrogens (tertiary/aromatic N) is 1. The monoisotopic (exact) mass is 464 g/mol. The summed E-state index contributed by atoms with van der Waals surface area (Å²) in [6.07, 6.45) is 1.41. The molecule has 4 rings (SSSR count). The summed E-state index contributed by atoms with van der Waals surface area (Å²) in [5, 5.41) is 2.81. The molecule has 0 bridgehead atoms. The van der Waals surface area contributed by atoms with Gasteiger partial charge in [0, 0.05) is 11.6 Å². The standard InChI is InChI=1S/C20H14Cl2N2O5S/c1-2-27-14-8-16-15(28-9-29-16)7-10(14)6-11-18(25)23-20(30)24(19(11)26)13-5-3-4-12(21)17(13)22/h3-8H,2,9H2,1H3,(H,23,25,30)/b11-6-. The highest BCUT2D eigenvalue weighted by Gasteiger charge is 2.36. The quantitative estimate of drug-likeness (QED) is 0.419. The van der Waals surface area contributed by atoms with Crippen LogP contribution in [0.4, 0.5) is 5.69 Å². The SMILES string of the molecule is CCOc1cc2c(cc1/C=C1/C(=O)NC(=S)N(c3cccc(Cl)c3Cl)C1=O)OCO2. The van der Waals surface area contributed by atoms with Crippen LogP contribution >= 0.6 is 35.4 Å². The Bertz CT molecular complexity index is 1120. The summed E-state index contributed by atoms with van der Waals surface area (Å²) >= 11 is 17.5. The highest BCUT2D eigenvalue weighted by atomic mass is 35.5. The van der Waals surface area contributed by atoms with E-state index in [1.165, 1.54) is 6.08 Å². The molecule has 0 unspecified atom stereocenters. The highest BCUT2D eigenvalue weighted by molar-refractivity contribution is 7.80. The molecule has 2 aliphatic heterocycles. The first-order valence-corrected chi connectivity index (χ1v) is 9.99. The second-order valence-electron chi connectivity index (χ2n) is 6.21. The van der Waals surface area contributed by atoms with Gasteiger partial charge in [-0.05, 0) is 43.4 Å². The van der Waals surface area contributed by atoms with Crippen molar-refractivity contribution in [3.63, 3.8) is 0 Å². The van der Waals surface area contributed by atoms with Crippen molar-refractivity contribution in [1.82, 2.24) is 5.32 Å². The van der Waals surface area contributed by atoms with Gasteiger partial charge in [-0.15, -0.1) is 0 Å². The normalized spacial score (nSPS) is 16.8. The Balaban J connectivity index is 1.80. The Morgan fingerprint density at radius 1 is 1.23 bits per heavy atom. The third kappa shape index (κ3) is 3.58. The van der Waals surface area contributed by atoms with E-state index in [0.29, 0.717) is 29.4 Å². The van der Waals surface area contributed by atoms with Gasteiger partial charge in [-0.1, -0.05) is 29.3 Å². The van der Waals surface area contributed by atoms with E-state index in [4.69, 9.17) is 49.6 Å². The molecule has 0 atom stereocenters. The number of rotatable bonds is 4. The van der Waals surface area contributed by atoms with E-state index in [2.05, 4.69) is 5.32 Å². The van der Waals surface area contributed by atoms with Gasteiger partial charge in [0.25, 0.3) is 11.8 Å². The summed E-state index contributed by atoms with van der Waals surface area (Å²) in [6.45, 7) is 2.28. The minimum absolute atomic E-state index is 0.0790. The molecule has 154 valence electrons. The van der Waals surface area contributed by atoms with Crippen LogP contribution in [0.15, 0.2) is 35.9 Å². The number of benzene rings is 2. The van der Waals surface area contributed by atoms with Crippen molar-refractivity contribution in [3.8, 4) is 17.2 Å². The molecule has 10 heteroatoms. The molecule has 0 aliphatic carbocycles. The molecule has 2 aliphatic rings. The summed E-state index contributed by atoms with van der Waals surface area (Å²) in [7, 11) is 0. The molecule has 0 saturated carbocycles. The fraction of sp³-hybridized carbons (Fsp3) is 0.150. The van der Waals surface area contributed by atoms with Crippen molar-refractivity contribution in [2.24, 2.45) is 0 Å². The summed E-state index contributed by atoms with van der Waals surface area (Å²) in [6, 6.07) is 8.09. The van der Waals surface area contributed by atoms with Crippen LogP contribution in [-0.2, 0) is 9.59 Å². The molecule has 2 aromatic carbocycles. The lowest BCUT2D eigenvalue weighted by molar-refractivity contribution is -0.122. The van der Waals surface area contributed by atoms with Gasteiger partial charge in [-0.2, -0.15) is 0 Å². The number of nitrogens with one attached hydrogen (secondary N) is 1. The lowest BCUT2D eigenvalue weighted by atomic mass is 10.1. The van der Waals surface area contributed by atoms with Crippen molar-refractivity contribution < 1.29 is 23.8 Å². The average Bonchev–Trinajstić information content (AvgIpc) is 3.15. The summed E-state index contributed by atoms with van der Waals surface area (Å²) in [5.74, 6) is 0.163. The average molecular weight is 465 g/mol. The van der Waals surface area contributed by atoms with Crippen LogP contribution in [0.25, 0.3) is 6.08 Å². The van der Waals surface area contributed by atoms with E-state index in [0.717, 1.165) is 4.90 Å². The molecule has 30 heavy (non-hydrogen) atoms. The van der Waals surface area contributed by atoms with E-state index < -0.39 is 11.8 Å². The van der Waals surface area contributed by atoms with Gasteiger partial charge in [0.2, 0.25) is 6.79 Å². The maximum atomic E-state index is 13.2. The number of fused-ring (bicyclic) bond motifs is 1. The maximum absolute atomic E-state index is 13.2. The van der Waals surface area contributed by atoms with Crippen LogP contribution in [0.2, 0.25) is 10.0 Å². The Morgan fingerprint density at radius 2 is 1.97 bits per heavy atom. The van der Waals surface area contributed by atoms with Crippen LogP contribution in [0.3, 0.4) is 0 Å². The van der Waals surface area contributed by atoms with E-state index in [9.17, 15) is 9.59 Å². The van der Waals surface area contributed by atoms with Gasteiger partial charge >= 0.3 is 0 Å². The van der Waals surface area contributed by atoms with Crippen LogP contribution in [0, 0.1) is 0 Å². The van der Waals surface area contributed by atoms with Gasteiger partial charge in [-0.3, -0.25) is 19.8 Å². The zero-order valence-corrected chi connectivity index (χ0v) is 17.9. The Kier molecular flexibility index (Phi) is 5.55. The second-order valence-corrected chi connectivity index (χ2v) is 7.38. The molecule has 1 N–H and O–H groups in total. The van der Waals surface area contributed by atoms with E-state index in [-0.39, 0.29) is 33.2 Å². The van der Waals surface area contributed by atoms with Gasteiger partial charge in [-0.25, -0.2) is 0 Å². The fourth-order valence-electron chi connectivity index (χ4n) is 3.03. The van der Waals surface area contributed by atoms with Crippen LogP contribution in [0.1, 0.15) is 12.5 Å². The molecule has 2 aromatic rings. The first-order valence-electron chi connectivity index (χ1n) is 8.82. The molecule has 7 nitrogen and oxygen atoms in total. The lowest BCUT2D eigenvalue weighted by Gasteiger charge is -2.29. The predicted molar refractivity (Wildman–Crippen MR) is 116 cm³/mol. The number of anilines is 1. The fourth-order valence-corrected chi connectivity index (χ4v) is 3.68. The zero-order chi connectivity index (χ0) is 21.4. The third-order valence-electron chi connectivity index (χ3n) is 4.38. The van der Waals surface area contributed by atoms with Gasteiger partial charge in [0.05, 0.1) is 22.3 Å². The molecular formula is C20H14Cl2N2O5S. The Labute approximate surface area is 187 Å². The van der Waals surface area contributed by atoms with Crippen molar-refractivity contribution >= 4 is 64.1 Å². The predicted octanol–water partition coefficient (Wildman–Crippen LogP) is 3.95. The molecule has 0 aromatic heterocycles. The van der Waals surface area contributed by atoms with Crippen LogP contribution in [0.5, 0.6) is 17.2 Å². The summed E-state index contributed by atoms with van der Waals surface area (Å²) in [5.41, 5.74) is 0.588.